The van der Waals surface area contributed by atoms with Gasteiger partial charge in [-0.25, -0.2) is 4.79 Å². The van der Waals surface area contributed by atoms with E-state index in [9.17, 15) is 9.59 Å². The number of nitrogens with two attached hydrogens (primary N) is 1. The van der Waals surface area contributed by atoms with E-state index >= 15 is 0 Å². The van der Waals surface area contributed by atoms with Crippen molar-refractivity contribution >= 4 is 58.3 Å². The van der Waals surface area contributed by atoms with Crippen LogP contribution in [0.25, 0.3) is 0 Å². The number of benzene rings is 1. The number of rotatable bonds is 6. The van der Waals surface area contributed by atoms with Gasteiger partial charge < -0.3 is 16.4 Å². The standard InChI is InChI=1S/C13H18ClN5O2S2/c1-23-7-6-10(17-12(15)21)11(20)18-19-13(22)16-9-4-2-8(14)3-5-9/h2-5,10H,6-7H2,1H3,(H,18,20)(H3,15,17,21)(H2,16,19,22)/t10-/m0/s1. The first-order valence-electron chi connectivity index (χ1n) is 6.59. The van der Waals surface area contributed by atoms with E-state index in [1.807, 2.05) is 6.26 Å². The smallest absolute Gasteiger partial charge is 0.312 e. The second kappa shape index (κ2) is 10.1. The molecule has 1 aromatic rings. The highest BCUT2D eigenvalue weighted by Crippen LogP contribution is 2.12. The summed E-state index contributed by atoms with van der Waals surface area (Å²) in [6.07, 6.45) is 2.36. The average Bonchev–Trinajstić information content (AvgIpc) is 2.51. The van der Waals surface area contributed by atoms with Gasteiger partial charge in [0.2, 0.25) is 0 Å². The van der Waals surface area contributed by atoms with E-state index in [2.05, 4.69) is 21.5 Å². The van der Waals surface area contributed by atoms with Crippen molar-refractivity contribution in [1.29, 1.82) is 0 Å². The Morgan fingerprint density at radius 1 is 1.30 bits per heavy atom. The van der Waals surface area contributed by atoms with Crippen molar-refractivity contribution in [3.8, 4) is 0 Å². The lowest BCUT2D eigenvalue weighted by Crippen LogP contribution is -2.54. The van der Waals surface area contributed by atoms with Gasteiger partial charge in [-0.2, -0.15) is 11.8 Å². The molecule has 10 heteroatoms. The van der Waals surface area contributed by atoms with Gasteiger partial charge in [-0.3, -0.25) is 15.6 Å². The summed E-state index contributed by atoms with van der Waals surface area (Å²) in [5, 5.41) is 6.07. The van der Waals surface area contributed by atoms with E-state index < -0.39 is 18.0 Å². The zero-order chi connectivity index (χ0) is 17.2. The molecule has 1 atom stereocenters. The van der Waals surface area contributed by atoms with Crippen molar-refractivity contribution in [2.24, 2.45) is 5.73 Å². The normalized spacial score (nSPS) is 11.2. The molecule has 0 bridgehead atoms. The summed E-state index contributed by atoms with van der Waals surface area (Å²) >= 11 is 12.4. The molecule has 0 aliphatic rings. The van der Waals surface area contributed by atoms with Crippen molar-refractivity contribution < 1.29 is 9.59 Å². The minimum Gasteiger partial charge on any atom is -0.352 e. The van der Waals surface area contributed by atoms with Crippen LogP contribution in [0.1, 0.15) is 6.42 Å². The van der Waals surface area contributed by atoms with Crippen molar-refractivity contribution in [2.45, 2.75) is 12.5 Å². The molecule has 1 aromatic carbocycles. The molecule has 0 saturated heterocycles. The van der Waals surface area contributed by atoms with Gasteiger partial charge in [-0.15, -0.1) is 0 Å². The molecular weight excluding hydrogens is 358 g/mol. The Morgan fingerprint density at radius 3 is 2.52 bits per heavy atom. The van der Waals surface area contributed by atoms with Gasteiger partial charge in [0.15, 0.2) is 5.11 Å². The van der Waals surface area contributed by atoms with Gasteiger partial charge in [-0.1, -0.05) is 11.6 Å². The summed E-state index contributed by atoms with van der Waals surface area (Å²) in [5.41, 5.74) is 10.8. The van der Waals surface area contributed by atoms with Crippen LogP contribution in [0, 0.1) is 0 Å². The van der Waals surface area contributed by atoms with Crippen LogP contribution in [0.5, 0.6) is 0 Å². The van der Waals surface area contributed by atoms with Crippen LogP contribution in [0.15, 0.2) is 24.3 Å². The van der Waals surface area contributed by atoms with Crippen LogP contribution < -0.4 is 27.2 Å². The number of primary amides is 1. The van der Waals surface area contributed by atoms with E-state index in [1.54, 1.807) is 36.0 Å². The van der Waals surface area contributed by atoms with E-state index in [-0.39, 0.29) is 5.11 Å². The fourth-order valence-corrected chi connectivity index (χ4v) is 2.34. The molecule has 1 rings (SSSR count). The van der Waals surface area contributed by atoms with E-state index in [0.29, 0.717) is 17.2 Å². The fourth-order valence-electron chi connectivity index (χ4n) is 1.58. The first kappa shape index (κ1) is 19.3. The summed E-state index contributed by atoms with van der Waals surface area (Å²) in [4.78, 5) is 23.0. The Bertz CT molecular complexity index is 556. The van der Waals surface area contributed by atoms with Crippen molar-refractivity contribution in [2.75, 3.05) is 17.3 Å². The predicted octanol–water partition coefficient (Wildman–Crippen LogP) is 1.45. The lowest BCUT2D eigenvalue weighted by atomic mass is 10.2. The monoisotopic (exact) mass is 375 g/mol. The fraction of sp³-hybridized carbons (Fsp3) is 0.308. The zero-order valence-electron chi connectivity index (χ0n) is 12.4. The molecule has 0 unspecified atom stereocenters. The maximum Gasteiger partial charge on any atom is 0.312 e. The maximum atomic E-state index is 12.0. The third kappa shape index (κ3) is 7.91. The van der Waals surface area contributed by atoms with Crippen LogP contribution in [0.3, 0.4) is 0 Å². The highest BCUT2D eigenvalue weighted by Gasteiger charge is 2.19. The van der Waals surface area contributed by atoms with Crippen LogP contribution in [0.2, 0.25) is 5.02 Å². The number of halogens is 1. The molecule has 0 fully saturated rings. The Hall–Kier alpha value is -1.71. The number of nitrogens with one attached hydrogen (secondary N) is 4. The van der Waals surface area contributed by atoms with Crippen molar-refractivity contribution in [3.05, 3.63) is 29.3 Å². The molecule has 0 aliphatic heterocycles. The SMILES string of the molecule is CSCC[C@H](NC(N)=O)C(=O)NNC(=S)Nc1ccc(Cl)cc1. The first-order chi connectivity index (χ1) is 10.9. The predicted molar refractivity (Wildman–Crippen MR) is 98.5 cm³/mol. The number of thioether (sulfide) groups is 1. The van der Waals surface area contributed by atoms with Crippen LogP contribution in [0.4, 0.5) is 10.5 Å². The van der Waals surface area contributed by atoms with Crippen molar-refractivity contribution in [3.63, 3.8) is 0 Å². The summed E-state index contributed by atoms with van der Waals surface area (Å²) in [7, 11) is 0. The summed E-state index contributed by atoms with van der Waals surface area (Å²) in [5.74, 6) is 0.268. The highest BCUT2D eigenvalue weighted by atomic mass is 35.5. The average molecular weight is 376 g/mol. The Balaban J connectivity index is 2.46. The number of thiocarbonyl (C=S) groups is 1. The molecule has 6 N–H and O–H groups in total. The quantitative estimate of drug-likeness (QED) is 0.380. The second-order valence-corrected chi connectivity index (χ2v) is 6.25. The second-order valence-electron chi connectivity index (χ2n) is 4.42. The van der Waals surface area contributed by atoms with E-state index in [4.69, 9.17) is 29.6 Å². The molecule has 126 valence electrons. The van der Waals surface area contributed by atoms with Crippen LogP contribution >= 0.6 is 35.6 Å². The molecule has 23 heavy (non-hydrogen) atoms. The first-order valence-corrected chi connectivity index (χ1v) is 8.77. The lowest BCUT2D eigenvalue weighted by molar-refractivity contribution is -0.123. The number of amides is 3. The highest BCUT2D eigenvalue weighted by molar-refractivity contribution is 7.98. The van der Waals surface area contributed by atoms with Crippen molar-refractivity contribution in [1.82, 2.24) is 16.2 Å². The minimum absolute atomic E-state index is 0.198. The molecule has 0 saturated carbocycles. The van der Waals surface area contributed by atoms with Gasteiger partial charge in [-0.05, 0) is 54.9 Å². The maximum absolute atomic E-state index is 12.0. The number of hydrogen-bond donors (Lipinski definition) is 5. The summed E-state index contributed by atoms with van der Waals surface area (Å²) in [6, 6.07) is 5.42. The number of urea groups is 1. The van der Waals surface area contributed by atoms with Crippen LogP contribution in [-0.2, 0) is 4.79 Å². The molecule has 0 aromatic heterocycles. The third-order valence-electron chi connectivity index (χ3n) is 2.64. The largest absolute Gasteiger partial charge is 0.352 e. The van der Waals surface area contributed by atoms with Gasteiger partial charge >= 0.3 is 6.03 Å². The Labute approximate surface area is 149 Å². The zero-order valence-corrected chi connectivity index (χ0v) is 14.8. The molecule has 0 radical (unpaired) electrons. The molecule has 3 amide bonds. The molecule has 7 nitrogen and oxygen atoms in total. The van der Waals surface area contributed by atoms with Gasteiger partial charge in [0, 0.05) is 10.7 Å². The van der Waals surface area contributed by atoms with E-state index in [0.717, 1.165) is 5.69 Å². The number of carbonyl (C=O) groups is 2. The third-order valence-corrected chi connectivity index (χ3v) is 3.75. The summed E-state index contributed by atoms with van der Waals surface area (Å²) in [6.45, 7) is 0. The van der Waals surface area contributed by atoms with Gasteiger partial charge in [0.25, 0.3) is 5.91 Å². The van der Waals surface area contributed by atoms with Crippen LogP contribution in [-0.4, -0.2) is 35.1 Å². The Kier molecular flexibility index (Phi) is 8.52. The number of hydrazine groups is 1. The van der Waals surface area contributed by atoms with Gasteiger partial charge in [0.1, 0.15) is 6.04 Å². The number of anilines is 1. The minimum atomic E-state index is -0.756. The van der Waals surface area contributed by atoms with Gasteiger partial charge in [0.05, 0.1) is 0 Å². The topological polar surface area (TPSA) is 108 Å². The molecular formula is C13H18ClN5O2S2. The lowest BCUT2D eigenvalue weighted by Gasteiger charge is -2.18. The summed E-state index contributed by atoms with van der Waals surface area (Å²) < 4.78 is 0. The number of hydrogen-bond acceptors (Lipinski definition) is 4. The Morgan fingerprint density at radius 2 is 1.96 bits per heavy atom. The molecule has 0 aliphatic carbocycles. The molecule has 0 heterocycles. The van der Waals surface area contributed by atoms with E-state index in [1.165, 1.54) is 0 Å². The molecule has 0 spiro atoms. The number of carbonyl (C=O) groups excluding carboxylic acids is 2.